The summed E-state index contributed by atoms with van der Waals surface area (Å²) < 4.78 is 31.2. The number of phenols is 1. The molecule has 0 amide bonds. The second-order valence-electron chi connectivity index (χ2n) is 3.61. The Morgan fingerprint density at radius 3 is 2.63 bits per heavy atom. The molecular weight excluding hydrogens is 282 g/mol. The fraction of sp³-hybridized carbons (Fsp3) is 0.364. The Bertz CT molecular complexity index is 460. The third-order valence-corrected chi connectivity index (χ3v) is 2.32. The number of hydrogen-bond donors (Lipinski definition) is 3. The second kappa shape index (κ2) is 7.10. The highest BCUT2D eigenvalue weighted by molar-refractivity contribution is 5.85. The van der Waals surface area contributed by atoms with Gasteiger partial charge >= 0.3 is 5.97 Å². The fourth-order valence-electron chi connectivity index (χ4n) is 1.42. The van der Waals surface area contributed by atoms with E-state index in [0.717, 1.165) is 12.1 Å². The monoisotopic (exact) mass is 296 g/mol. The average Bonchev–Trinajstić information content (AvgIpc) is 2.32. The average molecular weight is 297 g/mol. The Balaban J connectivity index is 0.00000324. The van der Waals surface area contributed by atoms with Crippen LogP contribution in [-0.4, -0.2) is 23.9 Å². The van der Waals surface area contributed by atoms with Gasteiger partial charge in [0.1, 0.15) is 11.6 Å². The van der Waals surface area contributed by atoms with Crippen LogP contribution in [0.15, 0.2) is 12.1 Å². The van der Waals surface area contributed by atoms with Gasteiger partial charge in [0.25, 0.3) is 0 Å². The molecule has 0 saturated carbocycles. The zero-order chi connectivity index (χ0) is 13.9. The second-order valence-corrected chi connectivity index (χ2v) is 3.61. The fourth-order valence-corrected chi connectivity index (χ4v) is 1.42. The van der Waals surface area contributed by atoms with Crippen LogP contribution in [0.25, 0.3) is 0 Å². The van der Waals surface area contributed by atoms with E-state index in [9.17, 15) is 18.7 Å². The van der Waals surface area contributed by atoms with Crippen LogP contribution in [0.5, 0.6) is 5.75 Å². The van der Waals surface area contributed by atoms with Gasteiger partial charge < -0.3 is 21.3 Å². The van der Waals surface area contributed by atoms with Gasteiger partial charge in [-0.05, 0) is 13.0 Å². The van der Waals surface area contributed by atoms with Crippen molar-refractivity contribution >= 4 is 24.1 Å². The SMILES string of the molecule is CCOC(=O)C(F)[C@@H](N)c1cc(F)cc(N)c1O.Cl. The van der Waals surface area contributed by atoms with Gasteiger partial charge in [0.05, 0.1) is 18.3 Å². The minimum absolute atomic E-state index is 0. The predicted octanol–water partition coefficient (Wildman–Crippen LogP) is 1.44. The van der Waals surface area contributed by atoms with Crippen LogP contribution >= 0.6 is 12.4 Å². The number of anilines is 1. The summed E-state index contributed by atoms with van der Waals surface area (Å²) in [4.78, 5) is 11.2. The summed E-state index contributed by atoms with van der Waals surface area (Å²) in [6.45, 7) is 1.50. The third kappa shape index (κ3) is 3.93. The van der Waals surface area contributed by atoms with Gasteiger partial charge in [0.15, 0.2) is 0 Å². The number of nitrogens with two attached hydrogens (primary N) is 2. The Kier molecular flexibility index (Phi) is 6.51. The number of phenolic OH excluding ortho intramolecular Hbond substituents is 1. The number of halogens is 3. The number of alkyl halides is 1. The van der Waals surface area contributed by atoms with Crippen LogP contribution in [0.1, 0.15) is 18.5 Å². The molecule has 0 saturated heterocycles. The Labute approximate surface area is 114 Å². The number of rotatable bonds is 4. The molecule has 1 aromatic carbocycles. The molecule has 0 aliphatic heterocycles. The van der Waals surface area contributed by atoms with Gasteiger partial charge in [-0.25, -0.2) is 13.6 Å². The van der Waals surface area contributed by atoms with Gasteiger partial charge in [0, 0.05) is 11.6 Å². The minimum atomic E-state index is -2.21. The van der Waals surface area contributed by atoms with Crippen molar-refractivity contribution in [2.45, 2.75) is 19.1 Å². The summed E-state index contributed by atoms with van der Waals surface area (Å²) in [5.41, 5.74) is 10.2. The topological polar surface area (TPSA) is 98.6 Å². The Hall–Kier alpha value is -1.60. The van der Waals surface area contributed by atoms with Crippen molar-refractivity contribution in [2.75, 3.05) is 12.3 Å². The van der Waals surface area contributed by atoms with Crippen molar-refractivity contribution in [3.05, 3.63) is 23.5 Å². The number of carbonyl (C=O) groups is 1. The number of esters is 1. The van der Waals surface area contributed by atoms with Crippen molar-refractivity contribution in [2.24, 2.45) is 5.73 Å². The van der Waals surface area contributed by atoms with E-state index in [-0.39, 0.29) is 30.3 Å². The highest BCUT2D eigenvalue weighted by atomic mass is 35.5. The molecule has 108 valence electrons. The number of carbonyl (C=O) groups excluding carboxylic acids is 1. The first-order chi connectivity index (χ1) is 8.38. The standard InChI is InChI=1S/C11H14F2N2O3.ClH/c1-2-18-11(17)8(13)9(15)6-3-5(12)4-7(14)10(6)16;/h3-4,8-9,16H,2,14-15H2,1H3;1H/t8?,9-;/m0./s1. The highest BCUT2D eigenvalue weighted by Gasteiger charge is 2.30. The number of benzene rings is 1. The molecule has 1 aromatic rings. The predicted molar refractivity (Wildman–Crippen MR) is 68.2 cm³/mol. The highest BCUT2D eigenvalue weighted by Crippen LogP contribution is 2.32. The van der Waals surface area contributed by atoms with Crippen molar-refractivity contribution < 1.29 is 23.4 Å². The zero-order valence-corrected chi connectivity index (χ0v) is 10.9. The van der Waals surface area contributed by atoms with Crippen LogP contribution in [0.4, 0.5) is 14.5 Å². The molecule has 2 atom stereocenters. The Morgan fingerprint density at radius 2 is 2.11 bits per heavy atom. The third-order valence-electron chi connectivity index (χ3n) is 2.32. The van der Waals surface area contributed by atoms with Crippen molar-refractivity contribution in [1.82, 2.24) is 0 Å². The zero-order valence-electron chi connectivity index (χ0n) is 10.1. The first-order valence-corrected chi connectivity index (χ1v) is 5.22. The lowest BCUT2D eigenvalue weighted by Crippen LogP contribution is -2.31. The molecule has 0 aliphatic carbocycles. The Morgan fingerprint density at radius 1 is 1.53 bits per heavy atom. The maximum absolute atomic E-state index is 13.6. The van der Waals surface area contributed by atoms with Gasteiger partial charge in [-0.15, -0.1) is 12.4 Å². The molecule has 0 bridgehead atoms. The van der Waals surface area contributed by atoms with Crippen LogP contribution < -0.4 is 11.5 Å². The van der Waals surface area contributed by atoms with Gasteiger partial charge in [-0.3, -0.25) is 0 Å². The summed E-state index contributed by atoms with van der Waals surface area (Å²) in [6.07, 6.45) is -2.21. The van der Waals surface area contributed by atoms with Crippen LogP contribution in [0, 0.1) is 5.82 Å². The van der Waals surface area contributed by atoms with E-state index in [4.69, 9.17) is 11.5 Å². The smallest absolute Gasteiger partial charge is 0.342 e. The number of hydrogen-bond acceptors (Lipinski definition) is 5. The lowest BCUT2D eigenvalue weighted by molar-refractivity contribution is -0.149. The molecular formula is C11H15ClF2N2O3. The first-order valence-electron chi connectivity index (χ1n) is 5.22. The lowest BCUT2D eigenvalue weighted by atomic mass is 10.0. The molecule has 0 aromatic heterocycles. The van der Waals surface area contributed by atoms with E-state index in [1.165, 1.54) is 6.92 Å². The summed E-state index contributed by atoms with van der Waals surface area (Å²) in [6, 6.07) is 0.132. The van der Waals surface area contributed by atoms with E-state index in [1.807, 2.05) is 0 Å². The van der Waals surface area contributed by atoms with Crippen LogP contribution in [0.3, 0.4) is 0 Å². The van der Waals surface area contributed by atoms with E-state index in [0.29, 0.717) is 0 Å². The summed E-state index contributed by atoms with van der Waals surface area (Å²) in [5.74, 6) is -2.50. The largest absolute Gasteiger partial charge is 0.505 e. The van der Waals surface area contributed by atoms with Crippen LogP contribution in [0.2, 0.25) is 0 Å². The first kappa shape index (κ1) is 17.4. The van der Waals surface area contributed by atoms with E-state index in [1.54, 1.807) is 0 Å². The van der Waals surface area contributed by atoms with Crippen LogP contribution in [-0.2, 0) is 9.53 Å². The van der Waals surface area contributed by atoms with Gasteiger partial charge in [-0.1, -0.05) is 0 Å². The molecule has 0 fully saturated rings. The number of aromatic hydroxyl groups is 1. The van der Waals surface area contributed by atoms with E-state index in [2.05, 4.69) is 4.74 Å². The molecule has 0 heterocycles. The normalized spacial score (nSPS) is 13.3. The van der Waals surface area contributed by atoms with Gasteiger partial charge in [-0.2, -0.15) is 0 Å². The molecule has 1 unspecified atom stereocenters. The van der Waals surface area contributed by atoms with Crippen molar-refractivity contribution in [3.8, 4) is 5.75 Å². The molecule has 5 nitrogen and oxygen atoms in total. The van der Waals surface area contributed by atoms with Gasteiger partial charge in [0.2, 0.25) is 6.17 Å². The molecule has 5 N–H and O–H groups in total. The minimum Gasteiger partial charge on any atom is -0.505 e. The maximum Gasteiger partial charge on any atom is 0.342 e. The summed E-state index contributed by atoms with van der Waals surface area (Å²) >= 11 is 0. The quantitative estimate of drug-likeness (QED) is 0.443. The number of ether oxygens (including phenoxy) is 1. The van der Waals surface area contributed by atoms with Crippen molar-refractivity contribution in [3.63, 3.8) is 0 Å². The molecule has 0 spiro atoms. The molecule has 19 heavy (non-hydrogen) atoms. The summed E-state index contributed by atoms with van der Waals surface area (Å²) in [7, 11) is 0. The molecule has 1 rings (SSSR count). The lowest BCUT2D eigenvalue weighted by Gasteiger charge is -2.17. The maximum atomic E-state index is 13.6. The van der Waals surface area contributed by atoms with E-state index >= 15 is 0 Å². The molecule has 0 radical (unpaired) electrons. The molecule has 0 aliphatic rings. The van der Waals surface area contributed by atoms with E-state index < -0.39 is 29.7 Å². The molecule has 8 heteroatoms. The summed E-state index contributed by atoms with van der Waals surface area (Å²) in [5, 5.41) is 9.56. The van der Waals surface area contributed by atoms with Crippen molar-refractivity contribution in [1.29, 1.82) is 0 Å². The number of nitrogen functional groups attached to an aromatic ring is 1.